The number of carbonyl (C=O) groups is 5. The van der Waals surface area contributed by atoms with Crippen LogP contribution in [-0.2, 0) is 19.1 Å². The Morgan fingerprint density at radius 3 is 2.08 bits per heavy atom. The van der Waals surface area contributed by atoms with Crippen LogP contribution in [0.5, 0.6) is 0 Å². The van der Waals surface area contributed by atoms with Gasteiger partial charge in [-0.05, 0) is 61.9 Å². The molecular formula is C29H26FNO7. The Kier molecular flexibility index (Phi) is 9.99. The number of Topliss-reactive ketones (excluding diaryl/α,β-unsaturated/α-hetero) is 2. The van der Waals surface area contributed by atoms with Gasteiger partial charge in [0.1, 0.15) is 5.82 Å². The van der Waals surface area contributed by atoms with E-state index < -0.39 is 36.2 Å². The molecule has 0 aromatic heterocycles. The SMILES string of the molecule is C[C@@H](OC(=O)c1ccc(NC(=O)CCCC(=O)OCC(=O)c2ccc(F)cc2)cc1)C(=O)c1ccccc1. The highest BCUT2D eigenvalue weighted by molar-refractivity contribution is 6.01. The first-order chi connectivity index (χ1) is 18.2. The summed E-state index contributed by atoms with van der Waals surface area (Å²) in [6.45, 7) is 1.03. The number of nitrogens with one attached hydrogen (secondary N) is 1. The van der Waals surface area contributed by atoms with Crippen molar-refractivity contribution in [2.45, 2.75) is 32.3 Å². The molecule has 3 rings (SSSR count). The van der Waals surface area contributed by atoms with Gasteiger partial charge >= 0.3 is 11.9 Å². The molecule has 3 aromatic carbocycles. The van der Waals surface area contributed by atoms with Crippen LogP contribution in [-0.4, -0.2) is 42.1 Å². The van der Waals surface area contributed by atoms with Crippen molar-refractivity contribution in [2.75, 3.05) is 11.9 Å². The third-order valence-corrected chi connectivity index (χ3v) is 5.43. The minimum atomic E-state index is -0.961. The largest absolute Gasteiger partial charge is 0.457 e. The van der Waals surface area contributed by atoms with Gasteiger partial charge in [-0.15, -0.1) is 0 Å². The van der Waals surface area contributed by atoms with Crippen LogP contribution >= 0.6 is 0 Å². The van der Waals surface area contributed by atoms with Crippen LogP contribution in [0.2, 0.25) is 0 Å². The van der Waals surface area contributed by atoms with Gasteiger partial charge < -0.3 is 14.8 Å². The second-order valence-electron chi connectivity index (χ2n) is 8.35. The first-order valence-corrected chi connectivity index (χ1v) is 11.9. The van der Waals surface area contributed by atoms with Gasteiger partial charge in [0.2, 0.25) is 11.7 Å². The van der Waals surface area contributed by atoms with Crippen LogP contribution in [0.3, 0.4) is 0 Å². The number of rotatable bonds is 12. The predicted octanol–water partition coefficient (Wildman–Crippen LogP) is 4.79. The molecule has 0 radical (unpaired) electrons. The highest BCUT2D eigenvalue weighted by Gasteiger charge is 2.20. The van der Waals surface area contributed by atoms with E-state index >= 15 is 0 Å². The Balaban J connectivity index is 1.37. The summed E-state index contributed by atoms with van der Waals surface area (Å²) in [6.07, 6.45) is -0.789. The van der Waals surface area contributed by atoms with E-state index in [9.17, 15) is 28.4 Å². The van der Waals surface area contributed by atoms with Crippen LogP contribution < -0.4 is 5.32 Å². The summed E-state index contributed by atoms with van der Waals surface area (Å²) in [4.78, 5) is 60.7. The lowest BCUT2D eigenvalue weighted by Gasteiger charge is -2.12. The number of anilines is 1. The van der Waals surface area contributed by atoms with Gasteiger partial charge in [0.15, 0.2) is 18.5 Å². The first-order valence-electron chi connectivity index (χ1n) is 11.9. The van der Waals surface area contributed by atoms with E-state index in [1.165, 1.54) is 43.3 Å². The topological polar surface area (TPSA) is 116 Å². The standard InChI is InChI=1S/C29H26FNO7/c1-19(28(35)21-6-3-2-4-7-21)38-29(36)22-12-16-24(17-13-22)31-26(33)8-5-9-27(34)37-18-25(32)20-10-14-23(30)15-11-20/h2-4,6-7,10-17,19H,5,8-9,18H2,1H3,(H,31,33)/t19-/m1/s1. The third kappa shape index (κ3) is 8.48. The minimum Gasteiger partial charge on any atom is -0.457 e. The number of ketones is 2. The van der Waals surface area contributed by atoms with E-state index in [1.807, 2.05) is 0 Å². The molecule has 0 aliphatic rings. The molecular weight excluding hydrogens is 493 g/mol. The molecule has 9 heteroatoms. The van der Waals surface area contributed by atoms with Crippen molar-refractivity contribution in [1.82, 2.24) is 0 Å². The fourth-order valence-corrected chi connectivity index (χ4v) is 3.36. The van der Waals surface area contributed by atoms with Crippen molar-refractivity contribution in [3.05, 3.63) is 101 Å². The van der Waals surface area contributed by atoms with Crippen LogP contribution in [0.25, 0.3) is 0 Å². The van der Waals surface area contributed by atoms with E-state index in [-0.39, 0.29) is 42.1 Å². The second kappa shape index (κ2) is 13.6. The summed E-state index contributed by atoms with van der Waals surface area (Å²) >= 11 is 0. The van der Waals surface area contributed by atoms with Crippen molar-refractivity contribution in [3.8, 4) is 0 Å². The zero-order chi connectivity index (χ0) is 27.5. The number of esters is 2. The number of hydrogen-bond donors (Lipinski definition) is 1. The van der Waals surface area contributed by atoms with Crippen LogP contribution in [0.15, 0.2) is 78.9 Å². The molecule has 0 saturated carbocycles. The molecule has 0 aliphatic heterocycles. The Morgan fingerprint density at radius 2 is 1.42 bits per heavy atom. The molecule has 1 atom stereocenters. The fourth-order valence-electron chi connectivity index (χ4n) is 3.36. The maximum Gasteiger partial charge on any atom is 0.338 e. The van der Waals surface area contributed by atoms with E-state index in [1.54, 1.807) is 30.3 Å². The average Bonchev–Trinajstić information content (AvgIpc) is 2.92. The molecule has 0 spiro atoms. The molecule has 8 nitrogen and oxygen atoms in total. The number of benzene rings is 3. The van der Waals surface area contributed by atoms with Crippen molar-refractivity contribution < 1.29 is 37.8 Å². The molecule has 0 bridgehead atoms. The summed E-state index contributed by atoms with van der Waals surface area (Å²) in [5.74, 6) is -2.89. The highest BCUT2D eigenvalue weighted by Crippen LogP contribution is 2.14. The number of amides is 1. The maximum atomic E-state index is 12.9. The zero-order valence-corrected chi connectivity index (χ0v) is 20.6. The van der Waals surface area contributed by atoms with Crippen molar-refractivity contribution in [3.63, 3.8) is 0 Å². The Morgan fingerprint density at radius 1 is 0.789 bits per heavy atom. The molecule has 0 unspecified atom stereocenters. The highest BCUT2D eigenvalue weighted by atomic mass is 19.1. The van der Waals surface area contributed by atoms with Crippen LogP contribution in [0.1, 0.15) is 57.3 Å². The Hall–Kier alpha value is -4.66. The minimum absolute atomic E-state index is 0.0317. The number of halogens is 1. The number of hydrogen-bond acceptors (Lipinski definition) is 7. The quantitative estimate of drug-likeness (QED) is 0.270. The summed E-state index contributed by atoms with van der Waals surface area (Å²) in [7, 11) is 0. The third-order valence-electron chi connectivity index (χ3n) is 5.43. The van der Waals surface area contributed by atoms with E-state index in [0.29, 0.717) is 11.3 Å². The zero-order valence-electron chi connectivity index (χ0n) is 20.6. The lowest BCUT2D eigenvalue weighted by atomic mass is 10.1. The van der Waals surface area contributed by atoms with Gasteiger partial charge in [-0.1, -0.05) is 30.3 Å². The van der Waals surface area contributed by atoms with E-state index in [2.05, 4.69) is 5.32 Å². The second-order valence-corrected chi connectivity index (χ2v) is 8.35. The van der Waals surface area contributed by atoms with Crippen LogP contribution in [0.4, 0.5) is 10.1 Å². The smallest absolute Gasteiger partial charge is 0.338 e. The van der Waals surface area contributed by atoms with Gasteiger partial charge in [-0.3, -0.25) is 19.2 Å². The van der Waals surface area contributed by atoms with Crippen molar-refractivity contribution in [2.24, 2.45) is 0 Å². The van der Waals surface area contributed by atoms with Gasteiger partial charge in [0.05, 0.1) is 5.56 Å². The molecule has 0 heterocycles. The summed E-state index contributed by atoms with van der Waals surface area (Å²) in [5, 5.41) is 2.66. The molecule has 0 fully saturated rings. The number of carbonyl (C=O) groups excluding carboxylic acids is 5. The Bertz CT molecular complexity index is 1290. The summed E-state index contributed by atoms with van der Waals surface area (Å²) in [5.41, 5.74) is 1.33. The summed E-state index contributed by atoms with van der Waals surface area (Å²) < 4.78 is 23.1. The first kappa shape index (κ1) is 27.9. The number of ether oxygens (including phenoxy) is 2. The van der Waals surface area contributed by atoms with E-state index in [0.717, 1.165) is 12.1 Å². The molecule has 1 N–H and O–H groups in total. The molecule has 1 amide bonds. The van der Waals surface area contributed by atoms with Crippen LogP contribution in [0, 0.1) is 5.82 Å². The fraction of sp³-hybridized carbons (Fsp3) is 0.207. The lowest BCUT2D eigenvalue weighted by Crippen LogP contribution is -2.24. The molecule has 38 heavy (non-hydrogen) atoms. The van der Waals surface area contributed by atoms with Gasteiger partial charge in [0, 0.05) is 29.7 Å². The normalized spacial score (nSPS) is 11.2. The van der Waals surface area contributed by atoms with E-state index in [4.69, 9.17) is 9.47 Å². The molecule has 3 aromatic rings. The van der Waals surface area contributed by atoms with Gasteiger partial charge in [0.25, 0.3) is 0 Å². The molecule has 0 aliphatic carbocycles. The summed E-state index contributed by atoms with van der Waals surface area (Å²) in [6, 6.07) is 19.4. The average molecular weight is 520 g/mol. The van der Waals surface area contributed by atoms with Gasteiger partial charge in [-0.25, -0.2) is 9.18 Å². The Labute approximate surface area is 218 Å². The van der Waals surface area contributed by atoms with Crippen molar-refractivity contribution >= 4 is 35.1 Å². The molecule has 196 valence electrons. The molecule has 0 saturated heterocycles. The lowest BCUT2D eigenvalue weighted by molar-refractivity contribution is -0.142. The van der Waals surface area contributed by atoms with Gasteiger partial charge in [-0.2, -0.15) is 0 Å². The predicted molar refractivity (Wildman–Crippen MR) is 136 cm³/mol. The maximum absolute atomic E-state index is 12.9. The van der Waals surface area contributed by atoms with Crippen molar-refractivity contribution in [1.29, 1.82) is 0 Å². The monoisotopic (exact) mass is 519 g/mol.